The fourth-order valence-electron chi connectivity index (χ4n) is 3.65. The summed E-state index contributed by atoms with van der Waals surface area (Å²) in [6.45, 7) is 6.62. The predicted octanol–water partition coefficient (Wildman–Crippen LogP) is 2.21. The Morgan fingerprint density at radius 1 is 1.03 bits per heavy atom. The van der Waals surface area contributed by atoms with Gasteiger partial charge in [-0.05, 0) is 51.8 Å². The second-order valence-corrected chi connectivity index (χ2v) is 10.9. The van der Waals surface area contributed by atoms with Crippen molar-refractivity contribution in [3.8, 4) is 0 Å². The minimum atomic E-state index is -4.13. The Morgan fingerprint density at radius 2 is 1.64 bits per heavy atom. The maximum atomic E-state index is 13.3. The van der Waals surface area contributed by atoms with Crippen LogP contribution in [0.15, 0.2) is 59.5 Å². The SMILES string of the molecule is CC(C(=O)NC(C)(C)C)N(CCc1ccccc1)C(=O)CN1C(=O)c2ccccc2S1(=O)=O. The van der Waals surface area contributed by atoms with E-state index >= 15 is 0 Å². The molecule has 1 heterocycles. The summed E-state index contributed by atoms with van der Waals surface area (Å²) in [5.41, 5.74) is 0.505. The number of sulfonamides is 1. The molecule has 0 aromatic heterocycles. The molecule has 1 atom stereocenters. The van der Waals surface area contributed by atoms with Crippen LogP contribution >= 0.6 is 0 Å². The Balaban J connectivity index is 1.84. The quantitative estimate of drug-likeness (QED) is 0.667. The van der Waals surface area contributed by atoms with E-state index in [1.807, 2.05) is 51.1 Å². The second kappa shape index (κ2) is 9.35. The number of fused-ring (bicyclic) bond motifs is 1. The van der Waals surface area contributed by atoms with E-state index in [2.05, 4.69) is 5.32 Å². The molecule has 9 heteroatoms. The molecule has 1 unspecified atom stereocenters. The third kappa shape index (κ3) is 5.42. The van der Waals surface area contributed by atoms with Crippen molar-refractivity contribution in [1.82, 2.24) is 14.5 Å². The van der Waals surface area contributed by atoms with E-state index in [0.717, 1.165) is 5.56 Å². The molecule has 3 amide bonds. The van der Waals surface area contributed by atoms with Crippen LogP contribution in [0.4, 0.5) is 0 Å². The van der Waals surface area contributed by atoms with Crippen molar-refractivity contribution in [3.63, 3.8) is 0 Å². The van der Waals surface area contributed by atoms with E-state index in [1.165, 1.54) is 23.1 Å². The molecule has 3 rings (SSSR count). The van der Waals surface area contributed by atoms with E-state index in [9.17, 15) is 22.8 Å². The average Bonchev–Trinajstić information content (AvgIpc) is 2.94. The van der Waals surface area contributed by atoms with Gasteiger partial charge in [0.1, 0.15) is 17.5 Å². The summed E-state index contributed by atoms with van der Waals surface area (Å²) in [5.74, 6) is -1.72. The fourth-order valence-corrected chi connectivity index (χ4v) is 5.16. The van der Waals surface area contributed by atoms with Crippen molar-refractivity contribution in [1.29, 1.82) is 0 Å². The van der Waals surface area contributed by atoms with Crippen molar-refractivity contribution in [3.05, 3.63) is 65.7 Å². The number of carbonyl (C=O) groups excluding carboxylic acids is 3. The molecular weight excluding hydrogens is 442 g/mol. The minimum absolute atomic E-state index is 0.0414. The van der Waals surface area contributed by atoms with Crippen LogP contribution in [0, 0.1) is 0 Å². The minimum Gasteiger partial charge on any atom is -0.350 e. The molecule has 0 fully saturated rings. The molecule has 33 heavy (non-hydrogen) atoms. The van der Waals surface area contributed by atoms with Gasteiger partial charge in [0.2, 0.25) is 11.8 Å². The molecule has 176 valence electrons. The monoisotopic (exact) mass is 471 g/mol. The standard InChI is InChI=1S/C24H29N3O5S/c1-17(22(29)25-24(2,3)4)26(15-14-18-10-6-5-7-11-18)21(28)16-27-23(30)19-12-8-9-13-20(19)33(27,31)32/h5-13,17H,14-16H2,1-4H3,(H,25,29). The van der Waals surface area contributed by atoms with Gasteiger partial charge in [0.25, 0.3) is 15.9 Å². The summed E-state index contributed by atoms with van der Waals surface area (Å²) in [6, 6.07) is 14.5. The van der Waals surface area contributed by atoms with Crippen LogP contribution in [0.1, 0.15) is 43.6 Å². The molecule has 0 spiro atoms. The first kappa shape index (κ1) is 24.4. The molecule has 0 bridgehead atoms. The largest absolute Gasteiger partial charge is 0.350 e. The van der Waals surface area contributed by atoms with Gasteiger partial charge >= 0.3 is 0 Å². The van der Waals surface area contributed by atoms with E-state index in [1.54, 1.807) is 13.0 Å². The Bertz CT molecular complexity index is 1160. The molecule has 1 N–H and O–H groups in total. The summed E-state index contributed by atoms with van der Waals surface area (Å²) in [5, 5.41) is 2.85. The fraction of sp³-hybridized carbons (Fsp3) is 0.375. The van der Waals surface area contributed by atoms with Crippen LogP contribution in [0.25, 0.3) is 0 Å². The van der Waals surface area contributed by atoms with Crippen LogP contribution in [0.5, 0.6) is 0 Å². The van der Waals surface area contributed by atoms with Gasteiger partial charge in [-0.15, -0.1) is 0 Å². The number of rotatable bonds is 7. The Hall–Kier alpha value is -3.20. The number of amides is 3. The molecule has 2 aromatic rings. The molecule has 1 aliphatic rings. The highest BCUT2D eigenvalue weighted by molar-refractivity contribution is 7.90. The zero-order valence-electron chi connectivity index (χ0n) is 19.2. The van der Waals surface area contributed by atoms with Crippen LogP contribution < -0.4 is 5.32 Å². The maximum Gasteiger partial charge on any atom is 0.269 e. The van der Waals surface area contributed by atoms with Gasteiger partial charge < -0.3 is 10.2 Å². The number of nitrogens with zero attached hydrogens (tertiary/aromatic N) is 2. The van der Waals surface area contributed by atoms with Crippen molar-refractivity contribution in [2.24, 2.45) is 0 Å². The number of hydrogen-bond acceptors (Lipinski definition) is 5. The predicted molar refractivity (Wildman–Crippen MR) is 124 cm³/mol. The van der Waals surface area contributed by atoms with E-state index in [-0.39, 0.29) is 22.9 Å². The molecule has 0 saturated heterocycles. The van der Waals surface area contributed by atoms with E-state index in [4.69, 9.17) is 0 Å². The number of hydrogen-bond donors (Lipinski definition) is 1. The highest BCUT2D eigenvalue weighted by Gasteiger charge is 2.43. The summed E-state index contributed by atoms with van der Waals surface area (Å²) in [4.78, 5) is 40.1. The number of benzene rings is 2. The second-order valence-electron chi connectivity index (χ2n) is 9.05. The highest BCUT2D eigenvalue weighted by Crippen LogP contribution is 2.29. The van der Waals surface area contributed by atoms with Crippen LogP contribution in [-0.4, -0.2) is 60.0 Å². The zero-order chi connectivity index (χ0) is 24.4. The summed E-state index contributed by atoms with van der Waals surface area (Å²) in [6.07, 6.45) is 0.473. The lowest BCUT2D eigenvalue weighted by atomic mass is 10.1. The Morgan fingerprint density at radius 3 is 2.24 bits per heavy atom. The third-order valence-corrected chi connectivity index (χ3v) is 7.13. The molecular formula is C24H29N3O5S. The smallest absolute Gasteiger partial charge is 0.269 e. The average molecular weight is 472 g/mol. The summed E-state index contributed by atoms with van der Waals surface area (Å²) >= 11 is 0. The molecule has 0 radical (unpaired) electrons. The lowest BCUT2D eigenvalue weighted by molar-refractivity contribution is -0.140. The maximum absolute atomic E-state index is 13.3. The lowest BCUT2D eigenvalue weighted by Crippen LogP contribution is -2.55. The Kier molecular flexibility index (Phi) is 6.92. The van der Waals surface area contributed by atoms with Crippen LogP contribution in [-0.2, 0) is 26.0 Å². The molecule has 1 aliphatic heterocycles. The first-order valence-corrected chi connectivity index (χ1v) is 12.2. The summed E-state index contributed by atoms with van der Waals surface area (Å²) < 4.78 is 26.3. The first-order valence-electron chi connectivity index (χ1n) is 10.7. The van der Waals surface area contributed by atoms with Gasteiger partial charge in [-0.25, -0.2) is 12.7 Å². The van der Waals surface area contributed by atoms with Gasteiger partial charge in [-0.3, -0.25) is 14.4 Å². The molecule has 2 aromatic carbocycles. The molecule has 0 saturated carbocycles. The first-order chi connectivity index (χ1) is 15.4. The highest BCUT2D eigenvalue weighted by atomic mass is 32.2. The van der Waals surface area contributed by atoms with Crippen molar-refractivity contribution < 1.29 is 22.8 Å². The van der Waals surface area contributed by atoms with E-state index < -0.39 is 40.0 Å². The van der Waals surface area contributed by atoms with E-state index in [0.29, 0.717) is 10.7 Å². The normalized spacial score (nSPS) is 15.6. The van der Waals surface area contributed by atoms with Gasteiger partial charge in [0.05, 0.1) is 5.56 Å². The van der Waals surface area contributed by atoms with Gasteiger partial charge in [0, 0.05) is 12.1 Å². The van der Waals surface area contributed by atoms with Crippen molar-refractivity contribution in [2.45, 2.75) is 50.6 Å². The molecule has 8 nitrogen and oxygen atoms in total. The van der Waals surface area contributed by atoms with Gasteiger partial charge in [-0.1, -0.05) is 42.5 Å². The third-order valence-electron chi connectivity index (χ3n) is 5.34. The Labute approximate surface area is 194 Å². The number of nitrogens with one attached hydrogen (secondary N) is 1. The topological polar surface area (TPSA) is 104 Å². The summed E-state index contributed by atoms with van der Waals surface area (Å²) in [7, 11) is -4.13. The zero-order valence-corrected chi connectivity index (χ0v) is 20.1. The van der Waals surface area contributed by atoms with Gasteiger partial charge in [0.15, 0.2) is 0 Å². The van der Waals surface area contributed by atoms with Gasteiger partial charge in [-0.2, -0.15) is 0 Å². The van der Waals surface area contributed by atoms with Crippen molar-refractivity contribution in [2.75, 3.05) is 13.1 Å². The molecule has 0 aliphatic carbocycles. The van der Waals surface area contributed by atoms with Crippen molar-refractivity contribution >= 4 is 27.7 Å². The van der Waals surface area contributed by atoms with Crippen LogP contribution in [0.3, 0.4) is 0 Å². The lowest BCUT2D eigenvalue weighted by Gasteiger charge is -2.32. The number of carbonyl (C=O) groups is 3. The van der Waals surface area contributed by atoms with Crippen LogP contribution in [0.2, 0.25) is 0 Å².